The van der Waals surface area contributed by atoms with E-state index in [9.17, 15) is 4.79 Å². The minimum absolute atomic E-state index is 0.218. The Morgan fingerprint density at radius 2 is 1.77 bits per heavy atom. The summed E-state index contributed by atoms with van der Waals surface area (Å²) in [4.78, 5) is 10.7. The number of benzene rings is 2. The van der Waals surface area contributed by atoms with Gasteiger partial charge in [0.1, 0.15) is 12.3 Å². The third-order valence-electron chi connectivity index (χ3n) is 6.74. The molecule has 35 heavy (non-hydrogen) atoms. The van der Waals surface area contributed by atoms with Gasteiger partial charge in [0.2, 0.25) is 0 Å². The predicted octanol–water partition coefficient (Wildman–Crippen LogP) is 5.97. The Kier molecular flexibility index (Phi) is 8.96. The van der Waals surface area contributed by atoms with Gasteiger partial charge in [-0.2, -0.15) is 5.10 Å². The summed E-state index contributed by atoms with van der Waals surface area (Å²) in [6.45, 7) is 1.77. The Bertz CT molecular complexity index is 1110. The maximum atomic E-state index is 10.7. The molecule has 6 nitrogen and oxygen atoms in total. The predicted molar refractivity (Wildman–Crippen MR) is 138 cm³/mol. The molecular formula is C28H33ClN2O4. The summed E-state index contributed by atoms with van der Waals surface area (Å²) < 4.78 is 13.0. The smallest absolute Gasteiger partial charge is 0.329 e. The first-order valence-electron chi connectivity index (χ1n) is 12.2. The molecule has 1 aliphatic rings. The van der Waals surface area contributed by atoms with Crippen molar-refractivity contribution >= 4 is 17.6 Å². The molecule has 1 saturated carbocycles. The topological polar surface area (TPSA) is 73.6 Å². The van der Waals surface area contributed by atoms with Crippen molar-refractivity contribution in [1.82, 2.24) is 9.78 Å². The van der Waals surface area contributed by atoms with Gasteiger partial charge >= 0.3 is 5.97 Å². The number of nitrogens with zero attached hydrogens (tertiary/aromatic N) is 2. The van der Waals surface area contributed by atoms with Crippen molar-refractivity contribution < 1.29 is 19.4 Å². The highest BCUT2D eigenvalue weighted by Crippen LogP contribution is 2.37. The fourth-order valence-corrected chi connectivity index (χ4v) is 5.17. The molecule has 0 radical (unpaired) electrons. The average Bonchev–Trinajstić information content (AvgIpc) is 3.22. The molecule has 1 aliphatic carbocycles. The summed E-state index contributed by atoms with van der Waals surface area (Å²) in [5.41, 5.74) is 5.40. The van der Waals surface area contributed by atoms with E-state index in [1.807, 2.05) is 36.4 Å². The highest BCUT2D eigenvalue weighted by atomic mass is 35.5. The van der Waals surface area contributed by atoms with Crippen LogP contribution in [0.3, 0.4) is 0 Å². The SMILES string of the molecule is COCCc1c(-c2cccc(Cl)c2)c(-c2ccccc2)nn1C[C@H]1CC[C@@H](COCC(=O)O)CC1. The van der Waals surface area contributed by atoms with E-state index in [2.05, 4.69) is 22.9 Å². The van der Waals surface area contributed by atoms with Crippen molar-refractivity contribution in [1.29, 1.82) is 0 Å². The Hall–Kier alpha value is -2.67. The number of hydrogen-bond acceptors (Lipinski definition) is 4. The number of rotatable bonds is 11. The number of hydrogen-bond donors (Lipinski definition) is 1. The van der Waals surface area contributed by atoms with Crippen molar-refractivity contribution in [2.45, 2.75) is 38.6 Å². The van der Waals surface area contributed by atoms with Crippen LogP contribution in [0.1, 0.15) is 31.4 Å². The molecule has 1 heterocycles. The maximum Gasteiger partial charge on any atom is 0.329 e. The minimum Gasteiger partial charge on any atom is -0.480 e. The number of carboxylic acids is 1. The number of aromatic nitrogens is 2. The monoisotopic (exact) mass is 496 g/mol. The van der Waals surface area contributed by atoms with Gasteiger partial charge in [0.25, 0.3) is 0 Å². The van der Waals surface area contributed by atoms with E-state index >= 15 is 0 Å². The van der Waals surface area contributed by atoms with Crippen LogP contribution in [0.4, 0.5) is 0 Å². The number of ether oxygens (including phenoxy) is 2. The molecule has 0 saturated heterocycles. The second-order valence-electron chi connectivity index (χ2n) is 9.27. The quantitative estimate of drug-likeness (QED) is 0.354. The standard InChI is InChI=1S/C28H33ClN2O4/c1-34-15-14-25-27(23-8-5-9-24(29)16-23)28(22-6-3-2-4-7-22)30-31(25)17-20-10-12-21(13-11-20)18-35-19-26(32)33/h2-9,16,20-21H,10-15,17-19H2,1H3,(H,32,33)/t20-,21+. The van der Waals surface area contributed by atoms with Gasteiger partial charge in [0, 0.05) is 41.9 Å². The van der Waals surface area contributed by atoms with Crippen LogP contribution >= 0.6 is 11.6 Å². The lowest BCUT2D eigenvalue weighted by Gasteiger charge is -2.28. The van der Waals surface area contributed by atoms with Crippen molar-refractivity contribution in [3.8, 4) is 22.4 Å². The van der Waals surface area contributed by atoms with Crippen molar-refractivity contribution in [2.24, 2.45) is 11.8 Å². The molecule has 0 aliphatic heterocycles. The Morgan fingerprint density at radius 3 is 2.46 bits per heavy atom. The Labute approximate surface area is 211 Å². The lowest BCUT2D eigenvalue weighted by Crippen LogP contribution is -2.24. The summed E-state index contributed by atoms with van der Waals surface area (Å²) in [5.74, 6) is 0.0338. The van der Waals surface area contributed by atoms with E-state index in [-0.39, 0.29) is 6.61 Å². The van der Waals surface area contributed by atoms with Crippen LogP contribution in [0, 0.1) is 11.8 Å². The van der Waals surface area contributed by atoms with Gasteiger partial charge in [-0.25, -0.2) is 4.79 Å². The van der Waals surface area contributed by atoms with Gasteiger partial charge in [0.05, 0.1) is 13.2 Å². The highest BCUT2D eigenvalue weighted by molar-refractivity contribution is 6.30. The normalized spacial score (nSPS) is 18.0. The summed E-state index contributed by atoms with van der Waals surface area (Å²) in [6, 6.07) is 18.3. The van der Waals surface area contributed by atoms with Crippen LogP contribution in [0.25, 0.3) is 22.4 Å². The first kappa shape index (κ1) is 25.4. The Balaban J connectivity index is 1.60. The molecule has 2 aromatic carbocycles. The largest absolute Gasteiger partial charge is 0.480 e. The van der Waals surface area contributed by atoms with Crippen LogP contribution in [0.15, 0.2) is 54.6 Å². The summed E-state index contributed by atoms with van der Waals surface area (Å²) in [7, 11) is 1.73. The van der Waals surface area contributed by atoms with Crippen LogP contribution in [-0.2, 0) is 27.2 Å². The lowest BCUT2D eigenvalue weighted by atomic mass is 9.82. The minimum atomic E-state index is -0.911. The zero-order chi connectivity index (χ0) is 24.6. The van der Waals surface area contributed by atoms with Gasteiger partial charge in [0.15, 0.2) is 0 Å². The maximum absolute atomic E-state index is 10.7. The molecule has 0 spiro atoms. The summed E-state index contributed by atoms with van der Waals surface area (Å²) >= 11 is 6.38. The van der Waals surface area contributed by atoms with Crippen molar-refractivity contribution in [3.63, 3.8) is 0 Å². The molecule has 3 aromatic rings. The van der Waals surface area contributed by atoms with E-state index in [1.165, 1.54) is 5.69 Å². The number of methoxy groups -OCH3 is 1. The summed E-state index contributed by atoms with van der Waals surface area (Å²) in [5, 5.41) is 14.6. The fourth-order valence-electron chi connectivity index (χ4n) is 4.98. The van der Waals surface area contributed by atoms with E-state index in [0.717, 1.165) is 61.0 Å². The van der Waals surface area contributed by atoms with Crippen LogP contribution in [-0.4, -0.2) is 47.8 Å². The van der Waals surface area contributed by atoms with E-state index in [4.69, 9.17) is 31.3 Å². The molecule has 0 amide bonds. The van der Waals surface area contributed by atoms with Crippen LogP contribution in [0.2, 0.25) is 5.02 Å². The molecule has 7 heteroatoms. The Morgan fingerprint density at radius 1 is 1.06 bits per heavy atom. The second kappa shape index (κ2) is 12.3. The molecule has 4 rings (SSSR count). The molecule has 1 aromatic heterocycles. The molecule has 0 unspecified atom stereocenters. The lowest BCUT2D eigenvalue weighted by molar-refractivity contribution is -0.142. The number of aliphatic carboxylic acids is 1. The van der Waals surface area contributed by atoms with E-state index in [1.54, 1.807) is 7.11 Å². The highest BCUT2D eigenvalue weighted by Gasteiger charge is 2.26. The van der Waals surface area contributed by atoms with Gasteiger partial charge in [-0.05, 0) is 55.2 Å². The van der Waals surface area contributed by atoms with Gasteiger partial charge in [-0.15, -0.1) is 0 Å². The first-order valence-corrected chi connectivity index (χ1v) is 12.6. The zero-order valence-corrected chi connectivity index (χ0v) is 20.9. The summed E-state index contributed by atoms with van der Waals surface area (Å²) in [6.07, 6.45) is 5.02. The average molecular weight is 497 g/mol. The van der Waals surface area contributed by atoms with Crippen LogP contribution in [0.5, 0.6) is 0 Å². The first-order chi connectivity index (χ1) is 17.0. The molecule has 0 atom stereocenters. The van der Waals surface area contributed by atoms with Gasteiger partial charge in [-0.1, -0.05) is 54.1 Å². The zero-order valence-electron chi connectivity index (χ0n) is 20.2. The van der Waals surface area contributed by atoms with Gasteiger partial charge < -0.3 is 14.6 Å². The third kappa shape index (κ3) is 6.72. The van der Waals surface area contributed by atoms with Crippen molar-refractivity contribution in [3.05, 3.63) is 65.3 Å². The molecule has 186 valence electrons. The molecular weight excluding hydrogens is 464 g/mol. The third-order valence-corrected chi connectivity index (χ3v) is 6.97. The number of halogens is 1. The van der Waals surface area contributed by atoms with Gasteiger partial charge in [-0.3, -0.25) is 4.68 Å². The molecule has 0 bridgehead atoms. The molecule has 1 fully saturated rings. The molecule has 1 N–H and O–H groups in total. The number of carbonyl (C=O) groups is 1. The van der Waals surface area contributed by atoms with E-state index in [0.29, 0.717) is 30.1 Å². The van der Waals surface area contributed by atoms with Crippen LogP contribution < -0.4 is 0 Å². The van der Waals surface area contributed by atoms with Crippen molar-refractivity contribution in [2.75, 3.05) is 26.9 Å². The van der Waals surface area contributed by atoms with E-state index < -0.39 is 5.97 Å². The fraction of sp³-hybridized carbons (Fsp3) is 0.429. The number of carboxylic acid groups (broad SMARTS) is 1. The second-order valence-corrected chi connectivity index (χ2v) is 9.70.